The fraction of sp³-hybridized carbons (Fsp3) is 0.400. The van der Waals surface area contributed by atoms with Gasteiger partial charge in [0.1, 0.15) is 0 Å². The first-order chi connectivity index (χ1) is 11.4. The van der Waals surface area contributed by atoms with Gasteiger partial charge in [-0.25, -0.2) is 0 Å². The van der Waals surface area contributed by atoms with Gasteiger partial charge in [-0.1, -0.05) is 37.2 Å². The zero-order chi connectivity index (χ0) is 15.6. The number of nitrogens with zero attached hydrogens (tertiary/aromatic N) is 1. The largest absolute Gasteiger partial charge is 0.371 e. The van der Waals surface area contributed by atoms with Crippen LogP contribution >= 0.6 is 11.8 Å². The van der Waals surface area contributed by atoms with Gasteiger partial charge in [-0.3, -0.25) is 0 Å². The van der Waals surface area contributed by atoms with E-state index in [2.05, 4.69) is 53.5 Å². The van der Waals surface area contributed by atoms with E-state index in [1.54, 1.807) is 0 Å². The first-order valence-corrected chi connectivity index (χ1v) is 9.63. The lowest BCUT2D eigenvalue weighted by Crippen LogP contribution is -2.30. The fourth-order valence-electron chi connectivity index (χ4n) is 3.68. The van der Waals surface area contributed by atoms with Gasteiger partial charge >= 0.3 is 0 Å². The van der Waals surface area contributed by atoms with Gasteiger partial charge in [0.2, 0.25) is 0 Å². The van der Waals surface area contributed by atoms with Gasteiger partial charge in [-0.05, 0) is 49.9 Å². The number of anilines is 3. The van der Waals surface area contributed by atoms with Gasteiger partial charge in [0.15, 0.2) is 0 Å². The van der Waals surface area contributed by atoms with Crippen molar-refractivity contribution < 1.29 is 0 Å². The second-order valence-corrected chi connectivity index (χ2v) is 7.54. The lowest BCUT2D eigenvalue weighted by Gasteiger charge is -2.33. The average Bonchev–Trinajstić information content (AvgIpc) is 2.61. The maximum absolute atomic E-state index is 3.73. The Labute approximate surface area is 143 Å². The van der Waals surface area contributed by atoms with E-state index < -0.39 is 0 Å². The first-order valence-electron chi connectivity index (χ1n) is 8.81. The molecule has 0 radical (unpaired) electrons. The minimum absolute atomic E-state index is 1.14. The van der Waals surface area contributed by atoms with Crippen LogP contribution in [0.1, 0.15) is 38.2 Å². The Morgan fingerprint density at radius 2 is 1.83 bits per heavy atom. The third-order valence-electron chi connectivity index (χ3n) is 4.81. The number of hydrogen-bond donors (Lipinski definition) is 1. The van der Waals surface area contributed by atoms with Crippen LogP contribution in [0.3, 0.4) is 0 Å². The lowest BCUT2D eigenvalue weighted by molar-refractivity contribution is 0.576. The minimum Gasteiger partial charge on any atom is -0.371 e. The average molecular weight is 324 g/mol. The molecule has 4 rings (SSSR count). The molecule has 2 aliphatic heterocycles. The van der Waals surface area contributed by atoms with E-state index in [0.717, 1.165) is 6.42 Å². The molecule has 1 saturated heterocycles. The number of fused-ring (bicyclic) bond motifs is 2. The molecule has 2 nitrogen and oxygen atoms in total. The summed E-state index contributed by atoms with van der Waals surface area (Å²) >= 11 is 1.90. The van der Waals surface area contributed by atoms with E-state index in [1.807, 2.05) is 11.8 Å². The van der Waals surface area contributed by atoms with Crippen molar-refractivity contribution in [2.45, 2.75) is 48.8 Å². The normalized spacial score (nSPS) is 16.5. The standard InChI is InChI=1S/C20H24N2S/c1-2-8-15-17(22-13-6-3-7-14-22)11-12-19-20(15)21-16-9-4-5-10-18(16)23-19/h4-5,9-12,21H,2-3,6-8,13-14H2,1H3. The van der Waals surface area contributed by atoms with Gasteiger partial charge in [-0.2, -0.15) is 0 Å². The van der Waals surface area contributed by atoms with Crippen molar-refractivity contribution in [3.8, 4) is 0 Å². The predicted octanol–water partition coefficient (Wildman–Crippen LogP) is 5.84. The molecule has 0 amide bonds. The van der Waals surface area contributed by atoms with Crippen LogP contribution in [0.4, 0.5) is 17.1 Å². The van der Waals surface area contributed by atoms with Crippen LogP contribution in [0.2, 0.25) is 0 Å². The van der Waals surface area contributed by atoms with E-state index in [9.17, 15) is 0 Å². The van der Waals surface area contributed by atoms with Gasteiger partial charge in [0.25, 0.3) is 0 Å². The zero-order valence-electron chi connectivity index (χ0n) is 13.8. The summed E-state index contributed by atoms with van der Waals surface area (Å²) in [6, 6.07) is 13.3. The molecule has 0 atom stereocenters. The van der Waals surface area contributed by atoms with Crippen molar-refractivity contribution in [2.75, 3.05) is 23.3 Å². The number of hydrogen-bond acceptors (Lipinski definition) is 3. The van der Waals surface area contributed by atoms with Gasteiger partial charge in [0, 0.05) is 34.1 Å². The molecule has 0 bridgehead atoms. The molecule has 1 N–H and O–H groups in total. The van der Waals surface area contributed by atoms with Gasteiger partial charge in [-0.15, -0.1) is 0 Å². The molecule has 2 aromatic rings. The quantitative estimate of drug-likeness (QED) is 0.652. The number of nitrogens with one attached hydrogen (secondary N) is 1. The smallest absolute Gasteiger partial charge is 0.0579 e. The number of piperidine rings is 1. The summed E-state index contributed by atoms with van der Waals surface area (Å²) < 4.78 is 0. The summed E-state index contributed by atoms with van der Waals surface area (Å²) in [5.74, 6) is 0. The molecule has 120 valence electrons. The Hall–Kier alpha value is -1.61. The molecule has 0 aliphatic carbocycles. The third-order valence-corrected chi connectivity index (χ3v) is 5.95. The topological polar surface area (TPSA) is 15.3 Å². The molecule has 2 aliphatic rings. The molecule has 0 spiro atoms. The van der Waals surface area contributed by atoms with Crippen LogP contribution in [-0.4, -0.2) is 13.1 Å². The van der Waals surface area contributed by atoms with Crippen LogP contribution in [-0.2, 0) is 6.42 Å². The van der Waals surface area contributed by atoms with Crippen LogP contribution in [0.5, 0.6) is 0 Å². The second-order valence-electron chi connectivity index (χ2n) is 6.46. The molecule has 0 unspecified atom stereocenters. The van der Waals surface area contributed by atoms with Crippen LogP contribution in [0.25, 0.3) is 0 Å². The molecular formula is C20H24N2S. The van der Waals surface area contributed by atoms with Crippen molar-refractivity contribution in [1.82, 2.24) is 0 Å². The summed E-state index contributed by atoms with van der Waals surface area (Å²) in [4.78, 5) is 5.29. The Morgan fingerprint density at radius 1 is 1.00 bits per heavy atom. The summed E-state index contributed by atoms with van der Waals surface area (Å²) in [5, 5.41) is 3.73. The van der Waals surface area contributed by atoms with Crippen LogP contribution < -0.4 is 10.2 Å². The number of rotatable bonds is 3. The molecule has 2 heterocycles. The first kappa shape index (κ1) is 14.9. The SMILES string of the molecule is CCCc1c(N2CCCCC2)ccc2c1Nc1ccccc1S2. The molecule has 3 heteroatoms. The highest BCUT2D eigenvalue weighted by Crippen LogP contribution is 2.48. The van der Waals surface area contributed by atoms with E-state index in [4.69, 9.17) is 0 Å². The van der Waals surface area contributed by atoms with Crippen LogP contribution in [0, 0.1) is 0 Å². The second kappa shape index (κ2) is 6.48. The highest BCUT2D eigenvalue weighted by atomic mass is 32.2. The van der Waals surface area contributed by atoms with Crippen molar-refractivity contribution in [2.24, 2.45) is 0 Å². The molecule has 23 heavy (non-hydrogen) atoms. The van der Waals surface area contributed by atoms with E-state index in [0.29, 0.717) is 0 Å². The molecule has 2 aromatic carbocycles. The van der Waals surface area contributed by atoms with Gasteiger partial charge < -0.3 is 10.2 Å². The molecule has 1 fully saturated rings. The molecular weight excluding hydrogens is 300 g/mol. The minimum atomic E-state index is 1.14. The molecule has 0 saturated carbocycles. The summed E-state index contributed by atoms with van der Waals surface area (Å²) in [5.41, 5.74) is 5.56. The summed E-state index contributed by atoms with van der Waals surface area (Å²) in [6.45, 7) is 4.70. The predicted molar refractivity (Wildman–Crippen MR) is 100 cm³/mol. The van der Waals surface area contributed by atoms with E-state index >= 15 is 0 Å². The maximum Gasteiger partial charge on any atom is 0.0579 e. The van der Waals surface area contributed by atoms with Crippen molar-refractivity contribution >= 4 is 28.8 Å². The van der Waals surface area contributed by atoms with E-state index in [-0.39, 0.29) is 0 Å². The Kier molecular flexibility index (Phi) is 4.21. The van der Waals surface area contributed by atoms with Crippen molar-refractivity contribution in [3.05, 3.63) is 42.0 Å². The molecule has 0 aromatic heterocycles. The third kappa shape index (κ3) is 2.83. The highest BCUT2D eigenvalue weighted by molar-refractivity contribution is 7.99. The van der Waals surface area contributed by atoms with Gasteiger partial charge in [0.05, 0.1) is 11.4 Å². The monoisotopic (exact) mass is 324 g/mol. The maximum atomic E-state index is 3.73. The Balaban J connectivity index is 1.76. The summed E-state index contributed by atoms with van der Waals surface area (Å²) in [6.07, 6.45) is 6.36. The highest BCUT2D eigenvalue weighted by Gasteiger charge is 2.23. The fourth-order valence-corrected chi connectivity index (χ4v) is 4.71. The zero-order valence-corrected chi connectivity index (χ0v) is 14.6. The number of para-hydroxylation sites is 1. The Morgan fingerprint density at radius 3 is 2.65 bits per heavy atom. The van der Waals surface area contributed by atoms with E-state index in [1.165, 1.54) is 71.2 Å². The van der Waals surface area contributed by atoms with Crippen molar-refractivity contribution in [3.63, 3.8) is 0 Å². The van der Waals surface area contributed by atoms with Crippen LogP contribution in [0.15, 0.2) is 46.2 Å². The summed E-state index contributed by atoms with van der Waals surface area (Å²) in [7, 11) is 0. The van der Waals surface area contributed by atoms with Crippen molar-refractivity contribution in [1.29, 1.82) is 0 Å². The number of benzene rings is 2. The Bertz CT molecular complexity index is 705. The lowest BCUT2D eigenvalue weighted by atomic mass is 10.0.